The largest absolute Gasteiger partial charge is 0.339 e. The minimum absolute atomic E-state index is 0.00582. The molecular weight excluding hydrogens is 307 g/mol. The van der Waals surface area contributed by atoms with E-state index in [1.54, 1.807) is 18.2 Å². The molecule has 1 amide bonds. The highest BCUT2D eigenvalue weighted by Gasteiger charge is 2.37. The van der Waals surface area contributed by atoms with Gasteiger partial charge in [-0.25, -0.2) is 0 Å². The summed E-state index contributed by atoms with van der Waals surface area (Å²) in [6.45, 7) is 3.85. The van der Waals surface area contributed by atoms with Crippen molar-refractivity contribution >= 4 is 29.1 Å². The standard InChI is InChI=1S/C16H20Cl2N2O/c17-13-3-1-2-12(14(13)18)15(21)20-10-6-16(7-11-20)4-8-19-9-5-16/h1-3,19H,4-11H2. The number of benzene rings is 1. The van der Waals surface area contributed by atoms with Gasteiger partial charge < -0.3 is 10.2 Å². The molecule has 2 fully saturated rings. The van der Waals surface area contributed by atoms with Gasteiger partial charge in [0.2, 0.25) is 0 Å². The van der Waals surface area contributed by atoms with Gasteiger partial charge in [0.1, 0.15) is 0 Å². The molecule has 3 rings (SSSR count). The van der Waals surface area contributed by atoms with E-state index in [-0.39, 0.29) is 5.91 Å². The minimum Gasteiger partial charge on any atom is -0.339 e. The molecule has 1 aromatic carbocycles. The second kappa shape index (κ2) is 6.15. The monoisotopic (exact) mass is 326 g/mol. The highest BCUT2D eigenvalue weighted by molar-refractivity contribution is 6.43. The van der Waals surface area contributed by atoms with Gasteiger partial charge in [-0.15, -0.1) is 0 Å². The molecule has 0 unspecified atom stereocenters. The number of nitrogens with zero attached hydrogens (tertiary/aromatic N) is 1. The molecule has 2 aliphatic rings. The molecule has 0 atom stereocenters. The van der Waals surface area contributed by atoms with Crippen LogP contribution in [-0.4, -0.2) is 37.0 Å². The molecular formula is C16H20Cl2N2O. The smallest absolute Gasteiger partial charge is 0.255 e. The molecule has 1 spiro atoms. The summed E-state index contributed by atoms with van der Waals surface area (Å²) in [6.07, 6.45) is 4.65. The number of hydrogen-bond acceptors (Lipinski definition) is 2. The Bertz CT molecular complexity index is 531. The third kappa shape index (κ3) is 3.05. The van der Waals surface area contributed by atoms with Crippen LogP contribution in [0.1, 0.15) is 36.0 Å². The molecule has 1 aromatic rings. The topological polar surface area (TPSA) is 32.3 Å². The van der Waals surface area contributed by atoms with E-state index in [1.807, 2.05) is 4.90 Å². The van der Waals surface area contributed by atoms with Gasteiger partial charge in [0.15, 0.2) is 0 Å². The van der Waals surface area contributed by atoms with E-state index in [0.717, 1.165) is 39.0 Å². The number of rotatable bonds is 1. The van der Waals surface area contributed by atoms with Crippen LogP contribution in [0.3, 0.4) is 0 Å². The summed E-state index contributed by atoms with van der Waals surface area (Å²) in [4.78, 5) is 14.5. The maximum absolute atomic E-state index is 12.6. The van der Waals surface area contributed by atoms with Crippen LogP contribution in [-0.2, 0) is 0 Å². The zero-order valence-electron chi connectivity index (χ0n) is 12.0. The molecule has 0 saturated carbocycles. The highest BCUT2D eigenvalue weighted by atomic mass is 35.5. The SMILES string of the molecule is O=C(c1cccc(Cl)c1Cl)N1CCC2(CCNCC2)CC1. The van der Waals surface area contributed by atoms with Crippen molar-refractivity contribution < 1.29 is 4.79 Å². The van der Waals surface area contributed by atoms with Gasteiger partial charge >= 0.3 is 0 Å². The predicted octanol–water partition coefficient (Wildman–Crippen LogP) is 3.60. The Kier molecular flexibility index (Phi) is 4.43. The Labute approximate surface area is 135 Å². The molecule has 2 aliphatic heterocycles. The molecule has 0 bridgehead atoms. The Balaban J connectivity index is 1.69. The van der Waals surface area contributed by atoms with Crippen molar-refractivity contribution in [2.75, 3.05) is 26.2 Å². The quantitative estimate of drug-likeness (QED) is 0.855. The zero-order valence-corrected chi connectivity index (χ0v) is 13.5. The Morgan fingerprint density at radius 3 is 2.43 bits per heavy atom. The predicted molar refractivity (Wildman–Crippen MR) is 86.1 cm³/mol. The van der Waals surface area contributed by atoms with Crippen molar-refractivity contribution in [2.24, 2.45) is 5.41 Å². The van der Waals surface area contributed by atoms with E-state index in [4.69, 9.17) is 23.2 Å². The lowest BCUT2D eigenvalue weighted by atomic mass is 9.71. The third-order valence-electron chi connectivity index (χ3n) is 4.96. The Morgan fingerprint density at radius 1 is 1.10 bits per heavy atom. The average molecular weight is 327 g/mol. The van der Waals surface area contributed by atoms with Gasteiger partial charge in [-0.3, -0.25) is 4.79 Å². The summed E-state index contributed by atoms with van der Waals surface area (Å²) in [5, 5.41) is 4.22. The number of amides is 1. The van der Waals surface area contributed by atoms with E-state index in [9.17, 15) is 4.79 Å². The van der Waals surface area contributed by atoms with E-state index in [2.05, 4.69) is 5.32 Å². The summed E-state index contributed by atoms with van der Waals surface area (Å²) < 4.78 is 0. The van der Waals surface area contributed by atoms with E-state index >= 15 is 0 Å². The fourth-order valence-electron chi connectivity index (χ4n) is 3.48. The first-order valence-corrected chi connectivity index (χ1v) is 8.31. The highest BCUT2D eigenvalue weighted by Crippen LogP contribution is 2.40. The van der Waals surface area contributed by atoms with E-state index in [1.165, 1.54) is 12.8 Å². The van der Waals surface area contributed by atoms with Gasteiger partial charge in [-0.05, 0) is 56.3 Å². The van der Waals surface area contributed by atoms with Gasteiger partial charge in [0.05, 0.1) is 15.6 Å². The summed E-state index contributed by atoms with van der Waals surface area (Å²) in [5.41, 5.74) is 0.964. The van der Waals surface area contributed by atoms with Crippen LogP contribution in [0, 0.1) is 5.41 Å². The van der Waals surface area contributed by atoms with Gasteiger partial charge in [-0.1, -0.05) is 29.3 Å². The van der Waals surface area contributed by atoms with Crippen LogP contribution in [0.25, 0.3) is 0 Å². The van der Waals surface area contributed by atoms with Crippen molar-refractivity contribution in [3.05, 3.63) is 33.8 Å². The summed E-state index contributed by atoms with van der Waals surface area (Å²) >= 11 is 12.2. The number of hydrogen-bond donors (Lipinski definition) is 1. The fraction of sp³-hybridized carbons (Fsp3) is 0.562. The van der Waals surface area contributed by atoms with Gasteiger partial charge in [-0.2, -0.15) is 0 Å². The second-order valence-electron chi connectivity index (χ2n) is 6.14. The molecule has 21 heavy (non-hydrogen) atoms. The van der Waals surface area contributed by atoms with E-state index in [0.29, 0.717) is 21.0 Å². The van der Waals surface area contributed by atoms with E-state index < -0.39 is 0 Å². The zero-order chi connectivity index (χ0) is 14.9. The maximum Gasteiger partial charge on any atom is 0.255 e. The van der Waals surface area contributed by atoms with Crippen molar-refractivity contribution in [2.45, 2.75) is 25.7 Å². The number of halogens is 2. The molecule has 0 aromatic heterocycles. The summed E-state index contributed by atoms with van der Waals surface area (Å²) in [6, 6.07) is 5.24. The van der Waals surface area contributed by atoms with Crippen molar-refractivity contribution in [3.8, 4) is 0 Å². The Hall–Kier alpha value is -0.770. The molecule has 1 N–H and O–H groups in total. The number of nitrogens with one attached hydrogen (secondary N) is 1. The van der Waals surface area contributed by atoms with Crippen molar-refractivity contribution in [1.29, 1.82) is 0 Å². The first-order chi connectivity index (χ1) is 10.1. The molecule has 0 radical (unpaired) electrons. The fourth-order valence-corrected chi connectivity index (χ4v) is 3.86. The van der Waals surface area contributed by atoms with Crippen LogP contribution in [0.2, 0.25) is 10.0 Å². The van der Waals surface area contributed by atoms with Crippen LogP contribution in [0.4, 0.5) is 0 Å². The normalized spacial score (nSPS) is 21.5. The van der Waals surface area contributed by atoms with Crippen LogP contribution < -0.4 is 5.32 Å². The lowest BCUT2D eigenvalue weighted by Gasteiger charge is -2.44. The number of carbonyl (C=O) groups is 1. The van der Waals surface area contributed by atoms with Crippen molar-refractivity contribution in [3.63, 3.8) is 0 Å². The third-order valence-corrected chi connectivity index (χ3v) is 5.78. The summed E-state index contributed by atoms with van der Waals surface area (Å²) in [7, 11) is 0. The lowest BCUT2D eigenvalue weighted by Crippen LogP contribution is -2.47. The molecule has 2 heterocycles. The van der Waals surface area contributed by atoms with Crippen LogP contribution >= 0.6 is 23.2 Å². The van der Waals surface area contributed by atoms with Crippen molar-refractivity contribution in [1.82, 2.24) is 10.2 Å². The first kappa shape index (κ1) is 15.1. The molecule has 3 nitrogen and oxygen atoms in total. The number of piperidine rings is 2. The Morgan fingerprint density at radius 2 is 1.76 bits per heavy atom. The van der Waals surface area contributed by atoms with Gasteiger partial charge in [0.25, 0.3) is 5.91 Å². The average Bonchev–Trinajstić information content (AvgIpc) is 2.51. The first-order valence-electron chi connectivity index (χ1n) is 7.55. The maximum atomic E-state index is 12.6. The molecule has 5 heteroatoms. The van der Waals surface area contributed by atoms with Gasteiger partial charge in [0, 0.05) is 13.1 Å². The molecule has 0 aliphatic carbocycles. The second-order valence-corrected chi connectivity index (χ2v) is 6.93. The molecule has 2 saturated heterocycles. The lowest BCUT2D eigenvalue weighted by molar-refractivity contribution is 0.0496. The minimum atomic E-state index is 0.00582. The van der Waals surface area contributed by atoms with Crippen LogP contribution in [0.5, 0.6) is 0 Å². The number of carbonyl (C=O) groups excluding carboxylic acids is 1. The number of likely N-dealkylation sites (tertiary alicyclic amines) is 1. The molecule has 114 valence electrons. The van der Waals surface area contributed by atoms with Crippen LogP contribution in [0.15, 0.2) is 18.2 Å². The summed E-state index contributed by atoms with van der Waals surface area (Å²) in [5.74, 6) is 0.00582.